The zero-order valence-corrected chi connectivity index (χ0v) is 8.16. The summed E-state index contributed by atoms with van der Waals surface area (Å²) in [5.41, 5.74) is 0. The Bertz CT molecular complexity index is 280. The Labute approximate surface area is 77.9 Å². The van der Waals surface area contributed by atoms with Gasteiger partial charge < -0.3 is 4.52 Å². The summed E-state index contributed by atoms with van der Waals surface area (Å²) in [6, 6.07) is 0.293. The van der Waals surface area contributed by atoms with E-state index in [1.807, 2.05) is 6.92 Å². The first kappa shape index (κ1) is 8.69. The number of likely N-dealkylation sites (tertiary alicyclic amines) is 1. The number of aromatic nitrogens is 2. The lowest BCUT2D eigenvalue weighted by Crippen LogP contribution is -2.39. The molecule has 1 unspecified atom stereocenters. The van der Waals surface area contributed by atoms with E-state index in [0.29, 0.717) is 6.04 Å². The Morgan fingerprint density at radius 2 is 2.31 bits per heavy atom. The van der Waals surface area contributed by atoms with E-state index < -0.39 is 0 Å². The van der Waals surface area contributed by atoms with Crippen molar-refractivity contribution >= 4 is 0 Å². The Kier molecular flexibility index (Phi) is 2.31. The van der Waals surface area contributed by atoms with E-state index in [2.05, 4.69) is 22.0 Å². The van der Waals surface area contributed by atoms with Crippen LogP contribution in [0.4, 0.5) is 0 Å². The molecule has 1 aliphatic rings. The van der Waals surface area contributed by atoms with Gasteiger partial charge in [-0.3, -0.25) is 4.90 Å². The predicted octanol–water partition coefficient (Wildman–Crippen LogP) is 1.40. The second-order valence-electron chi connectivity index (χ2n) is 3.47. The Morgan fingerprint density at radius 3 is 2.77 bits per heavy atom. The van der Waals surface area contributed by atoms with Crippen LogP contribution in [0.3, 0.4) is 0 Å². The van der Waals surface area contributed by atoms with Gasteiger partial charge in [-0.15, -0.1) is 0 Å². The molecule has 0 amide bonds. The minimum atomic E-state index is 0.293. The van der Waals surface area contributed by atoms with Gasteiger partial charge in [-0.25, -0.2) is 0 Å². The Balaban J connectivity index is 2.05. The maximum Gasteiger partial charge on any atom is 0.243 e. The minimum Gasteiger partial charge on any atom is -0.338 e. The SMILES string of the molecule is CCc1noc(C(C)N2CCC2)n1. The zero-order chi connectivity index (χ0) is 9.26. The average molecular weight is 181 g/mol. The summed E-state index contributed by atoms with van der Waals surface area (Å²) < 4.78 is 5.17. The second kappa shape index (κ2) is 3.46. The third-order valence-electron chi connectivity index (χ3n) is 2.60. The second-order valence-corrected chi connectivity index (χ2v) is 3.47. The molecule has 1 aliphatic heterocycles. The molecule has 72 valence electrons. The molecule has 1 atom stereocenters. The van der Waals surface area contributed by atoms with Gasteiger partial charge in [0.1, 0.15) is 0 Å². The van der Waals surface area contributed by atoms with E-state index >= 15 is 0 Å². The molecule has 13 heavy (non-hydrogen) atoms. The molecule has 4 heteroatoms. The van der Waals surface area contributed by atoms with Crippen molar-refractivity contribution in [1.29, 1.82) is 0 Å². The normalized spacial score (nSPS) is 19.8. The summed E-state index contributed by atoms with van der Waals surface area (Å²) in [6.45, 7) is 6.46. The van der Waals surface area contributed by atoms with Crippen molar-refractivity contribution in [3.8, 4) is 0 Å². The van der Waals surface area contributed by atoms with E-state index in [1.54, 1.807) is 0 Å². The fraction of sp³-hybridized carbons (Fsp3) is 0.778. The fourth-order valence-corrected chi connectivity index (χ4v) is 1.46. The average Bonchev–Trinajstić information content (AvgIpc) is 2.48. The third-order valence-corrected chi connectivity index (χ3v) is 2.60. The molecular weight excluding hydrogens is 166 g/mol. The first-order valence-electron chi connectivity index (χ1n) is 4.87. The molecular formula is C9H15N3O. The molecule has 1 saturated heterocycles. The molecule has 1 aromatic heterocycles. The molecule has 0 spiro atoms. The molecule has 0 aromatic carbocycles. The molecule has 0 radical (unpaired) electrons. The first-order valence-corrected chi connectivity index (χ1v) is 4.87. The van der Waals surface area contributed by atoms with E-state index in [0.717, 1.165) is 31.2 Å². The molecule has 2 heterocycles. The smallest absolute Gasteiger partial charge is 0.243 e. The van der Waals surface area contributed by atoms with Crippen molar-refractivity contribution in [2.45, 2.75) is 32.7 Å². The van der Waals surface area contributed by atoms with E-state index in [4.69, 9.17) is 4.52 Å². The van der Waals surface area contributed by atoms with Gasteiger partial charge in [-0.1, -0.05) is 12.1 Å². The fourth-order valence-electron chi connectivity index (χ4n) is 1.46. The van der Waals surface area contributed by atoms with Crippen LogP contribution in [0, 0.1) is 0 Å². The van der Waals surface area contributed by atoms with Gasteiger partial charge in [0.25, 0.3) is 0 Å². The van der Waals surface area contributed by atoms with Crippen molar-refractivity contribution in [2.75, 3.05) is 13.1 Å². The number of hydrogen-bond donors (Lipinski definition) is 0. The topological polar surface area (TPSA) is 42.2 Å². The van der Waals surface area contributed by atoms with Gasteiger partial charge >= 0.3 is 0 Å². The van der Waals surface area contributed by atoms with Crippen LogP contribution in [0.15, 0.2) is 4.52 Å². The van der Waals surface area contributed by atoms with Crippen LogP contribution in [-0.2, 0) is 6.42 Å². The zero-order valence-electron chi connectivity index (χ0n) is 8.16. The van der Waals surface area contributed by atoms with Crippen LogP contribution in [0.5, 0.6) is 0 Å². The molecule has 0 aliphatic carbocycles. The van der Waals surface area contributed by atoms with E-state index in [9.17, 15) is 0 Å². The quantitative estimate of drug-likeness (QED) is 0.706. The monoisotopic (exact) mass is 181 g/mol. The molecule has 2 rings (SSSR count). The molecule has 4 nitrogen and oxygen atoms in total. The lowest BCUT2D eigenvalue weighted by molar-refractivity contribution is 0.105. The van der Waals surface area contributed by atoms with Gasteiger partial charge in [0.2, 0.25) is 5.89 Å². The molecule has 1 fully saturated rings. The standard InChI is InChI=1S/C9H15N3O/c1-3-8-10-9(13-11-8)7(2)12-5-4-6-12/h7H,3-6H2,1-2H3. The molecule has 0 N–H and O–H groups in total. The third kappa shape index (κ3) is 1.58. The van der Waals surface area contributed by atoms with Gasteiger partial charge in [0.15, 0.2) is 5.82 Å². The van der Waals surface area contributed by atoms with Crippen molar-refractivity contribution in [3.05, 3.63) is 11.7 Å². The maximum atomic E-state index is 5.17. The summed E-state index contributed by atoms with van der Waals surface area (Å²) in [5, 5.41) is 3.88. The van der Waals surface area contributed by atoms with Crippen LogP contribution in [0.1, 0.15) is 38.0 Å². The summed E-state index contributed by atoms with van der Waals surface area (Å²) >= 11 is 0. The van der Waals surface area contributed by atoms with Crippen LogP contribution in [-0.4, -0.2) is 28.1 Å². The van der Waals surface area contributed by atoms with Crippen LogP contribution in [0.25, 0.3) is 0 Å². The lowest BCUT2D eigenvalue weighted by atomic mass is 10.1. The van der Waals surface area contributed by atoms with Gasteiger partial charge in [-0.2, -0.15) is 4.98 Å². The first-order chi connectivity index (χ1) is 6.31. The van der Waals surface area contributed by atoms with Crippen molar-refractivity contribution < 1.29 is 4.52 Å². The summed E-state index contributed by atoms with van der Waals surface area (Å²) in [7, 11) is 0. The highest BCUT2D eigenvalue weighted by Gasteiger charge is 2.25. The number of nitrogens with zero attached hydrogens (tertiary/aromatic N) is 3. The van der Waals surface area contributed by atoms with Crippen molar-refractivity contribution in [1.82, 2.24) is 15.0 Å². The molecule has 0 saturated carbocycles. The molecule has 0 bridgehead atoms. The Hall–Kier alpha value is -0.900. The van der Waals surface area contributed by atoms with Crippen molar-refractivity contribution in [3.63, 3.8) is 0 Å². The summed E-state index contributed by atoms with van der Waals surface area (Å²) in [6.07, 6.45) is 2.13. The number of hydrogen-bond acceptors (Lipinski definition) is 4. The van der Waals surface area contributed by atoms with Crippen LogP contribution < -0.4 is 0 Å². The van der Waals surface area contributed by atoms with Crippen molar-refractivity contribution in [2.24, 2.45) is 0 Å². The lowest BCUT2D eigenvalue weighted by Gasteiger charge is -2.34. The Morgan fingerprint density at radius 1 is 1.54 bits per heavy atom. The molecule has 1 aromatic rings. The predicted molar refractivity (Wildman–Crippen MR) is 48.3 cm³/mol. The summed E-state index contributed by atoms with van der Waals surface area (Å²) in [5.74, 6) is 1.57. The highest BCUT2D eigenvalue weighted by molar-refractivity contribution is 4.93. The maximum absolute atomic E-state index is 5.17. The highest BCUT2D eigenvalue weighted by Crippen LogP contribution is 2.23. The number of rotatable bonds is 3. The van der Waals surface area contributed by atoms with Gasteiger partial charge in [0.05, 0.1) is 6.04 Å². The summed E-state index contributed by atoms with van der Waals surface area (Å²) in [4.78, 5) is 6.65. The van der Waals surface area contributed by atoms with E-state index in [-0.39, 0.29) is 0 Å². The van der Waals surface area contributed by atoms with Gasteiger partial charge in [0, 0.05) is 19.5 Å². The van der Waals surface area contributed by atoms with Crippen LogP contribution >= 0.6 is 0 Å². The number of aryl methyl sites for hydroxylation is 1. The van der Waals surface area contributed by atoms with Gasteiger partial charge in [-0.05, 0) is 13.3 Å². The highest BCUT2D eigenvalue weighted by atomic mass is 16.5. The van der Waals surface area contributed by atoms with E-state index in [1.165, 1.54) is 6.42 Å². The van der Waals surface area contributed by atoms with Crippen LogP contribution in [0.2, 0.25) is 0 Å². The minimum absolute atomic E-state index is 0.293. The largest absolute Gasteiger partial charge is 0.338 e.